The smallest absolute Gasteiger partial charge is 0.178 e. The zero-order chi connectivity index (χ0) is 15.8. The van der Waals surface area contributed by atoms with E-state index in [4.69, 9.17) is 4.98 Å². The number of hydrogen-bond acceptors (Lipinski definition) is 5. The molecule has 1 aliphatic rings. The zero-order valence-electron chi connectivity index (χ0n) is 13.1. The lowest BCUT2D eigenvalue weighted by molar-refractivity contribution is 0.936. The minimum absolute atomic E-state index is 0.748. The first-order valence-electron chi connectivity index (χ1n) is 7.56. The van der Waals surface area contributed by atoms with Gasteiger partial charge in [0.2, 0.25) is 0 Å². The second kappa shape index (κ2) is 5.35. The number of para-hydroxylation sites is 1. The molecule has 0 radical (unpaired) electrons. The Morgan fingerprint density at radius 2 is 1.83 bits per heavy atom. The van der Waals surface area contributed by atoms with Gasteiger partial charge in [-0.1, -0.05) is 18.2 Å². The van der Waals surface area contributed by atoms with Crippen LogP contribution in [0.1, 0.15) is 5.56 Å². The van der Waals surface area contributed by atoms with Gasteiger partial charge in [-0.2, -0.15) is 0 Å². The third-order valence-corrected chi connectivity index (χ3v) is 4.07. The molecule has 5 nitrogen and oxygen atoms in total. The Bertz CT molecular complexity index is 847. The highest BCUT2D eigenvalue weighted by Crippen LogP contribution is 2.37. The van der Waals surface area contributed by atoms with Gasteiger partial charge in [-0.05, 0) is 30.7 Å². The molecular weight excluding hydrogens is 286 g/mol. The van der Waals surface area contributed by atoms with Crippen LogP contribution >= 0.6 is 0 Å². The first-order valence-corrected chi connectivity index (χ1v) is 7.56. The second-order valence-corrected chi connectivity index (χ2v) is 5.70. The molecule has 0 fully saturated rings. The van der Waals surface area contributed by atoms with Crippen LogP contribution in [0.15, 0.2) is 55.0 Å². The van der Waals surface area contributed by atoms with Crippen LogP contribution in [-0.4, -0.2) is 28.7 Å². The number of benzene rings is 1. The summed E-state index contributed by atoms with van der Waals surface area (Å²) in [5, 5.41) is 0. The van der Waals surface area contributed by atoms with Gasteiger partial charge in [-0.25, -0.2) is 9.97 Å². The van der Waals surface area contributed by atoms with Crippen LogP contribution in [-0.2, 0) is 0 Å². The van der Waals surface area contributed by atoms with Crippen LogP contribution in [0.25, 0.3) is 11.3 Å². The van der Waals surface area contributed by atoms with Crippen molar-refractivity contribution in [3.8, 4) is 11.3 Å². The van der Waals surface area contributed by atoms with Gasteiger partial charge in [0.05, 0.1) is 18.6 Å². The number of hydrogen-bond donors (Lipinski definition) is 0. The molecule has 0 unspecified atom stereocenters. The lowest BCUT2D eigenvalue weighted by Gasteiger charge is -2.17. The van der Waals surface area contributed by atoms with E-state index in [0.29, 0.717) is 0 Å². The summed E-state index contributed by atoms with van der Waals surface area (Å²) >= 11 is 0. The second-order valence-electron chi connectivity index (χ2n) is 5.70. The van der Waals surface area contributed by atoms with Gasteiger partial charge in [-0.3, -0.25) is 4.98 Å². The Hall–Kier alpha value is -2.95. The summed E-state index contributed by atoms with van der Waals surface area (Å²) in [7, 11) is 2.04. The fourth-order valence-electron chi connectivity index (χ4n) is 2.87. The van der Waals surface area contributed by atoms with Crippen molar-refractivity contribution in [1.82, 2.24) is 15.0 Å². The summed E-state index contributed by atoms with van der Waals surface area (Å²) in [6.45, 7) is 2.79. The van der Waals surface area contributed by atoms with Gasteiger partial charge in [-0.15, -0.1) is 0 Å². The average molecular weight is 303 g/mol. The molecule has 0 saturated heterocycles. The maximum Gasteiger partial charge on any atom is 0.178 e. The van der Waals surface area contributed by atoms with Crippen molar-refractivity contribution in [3.05, 3.63) is 60.6 Å². The van der Waals surface area contributed by atoms with E-state index in [9.17, 15) is 0 Å². The van der Waals surface area contributed by atoms with Crippen LogP contribution < -0.4 is 9.80 Å². The summed E-state index contributed by atoms with van der Waals surface area (Å²) in [5.41, 5.74) is 4.18. The van der Waals surface area contributed by atoms with Crippen molar-refractivity contribution < 1.29 is 0 Å². The molecule has 0 bridgehead atoms. The third-order valence-electron chi connectivity index (χ3n) is 4.07. The largest absolute Gasteiger partial charge is 0.338 e. The highest BCUT2D eigenvalue weighted by atomic mass is 15.4. The third kappa shape index (κ3) is 2.30. The van der Waals surface area contributed by atoms with Crippen LogP contribution in [0.5, 0.6) is 0 Å². The number of aryl methyl sites for hydroxylation is 1. The Morgan fingerprint density at radius 1 is 1.00 bits per heavy atom. The zero-order valence-corrected chi connectivity index (χ0v) is 13.1. The molecule has 23 heavy (non-hydrogen) atoms. The molecular formula is C18H17N5. The molecule has 1 aliphatic heterocycles. The van der Waals surface area contributed by atoms with Gasteiger partial charge in [0.1, 0.15) is 0 Å². The van der Waals surface area contributed by atoms with Gasteiger partial charge < -0.3 is 9.80 Å². The Labute approximate surface area is 135 Å². The van der Waals surface area contributed by atoms with Gasteiger partial charge in [0, 0.05) is 30.7 Å². The number of anilines is 3. The minimum Gasteiger partial charge on any atom is -0.338 e. The van der Waals surface area contributed by atoms with E-state index in [1.807, 2.05) is 50.6 Å². The molecule has 3 heterocycles. The summed E-state index contributed by atoms with van der Waals surface area (Å²) in [6.07, 6.45) is 5.48. The predicted molar refractivity (Wildman–Crippen MR) is 91.9 cm³/mol. The van der Waals surface area contributed by atoms with Crippen LogP contribution in [0.2, 0.25) is 0 Å². The Balaban J connectivity index is 1.78. The summed E-state index contributed by atoms with van der Waals surface area (Å²) in [6, 6.07) is 12.3. The average Bonchev–Trinajstić information content (AvgIpc) is 2.93. The lowest BCUT2D eigenvalue weighted by Crippen LogP contribution is -2.24. The van der Waals surface area contributed by atoms with Crippen molar-refractivity contribution in [2.75, 3.05) is 23.5 Å². The molecule has 0 saturated carbocycles. The molecule has 0 aliphatic carbocycles. The standard InChI is InChI=1S/C18H17N5/c1-13-10-19-9-8-15(13)16-11-20-17-18(21-16)22(2)12-23(17)14-6-4-3-5-7-14/h3-11H,12H2,1-2H3. The number of fused-ring (bicyclic) bond motifs is 1. The molecule has 0 spiro atoms. The summed E-state index contributed by atoms with van der Waals surface area (Å²) < 4.78 is 0. The van der Waals surface area contributed by atoms with Crippen molar-refractivity contribution in [1.29, 1.82) is 0 Å². The van der Waals surface area contributed by atoms with Gasteiger partial charge in [0.15, 0.2) is 11.6 Å². The maximum absolute atomic E-state index is 4.84. The lowest BCUT2D eigenvalue weighted by atomic mass is 10.1. The topological polar surface area (TPSA) is 45.2 Å². The molecule has 1 aromatic carbocycles. The van der Waals surface area contributed by atoms with E-state index in [0.717, 1.165) is 40.8 Å². The van der Waals surface area contributed by atoms with E-state index >= 15 is 0 Å². The minimum atomic E-state index is 0.748. The molecule has 0 atom stereocenters. The van der Waals surface area contributed by atoms with Crippen LogP contribution in [0, 0.1) is 6.92 Å². The number of aromatic nitrogens is 3. The SMILES string of the molecule is Cc1cnccc1-c1cnc2c(n1)N(C)CN2c1ccccc1. The Morgan fingerprint density at radius 3 is 2.61 bits per heavy atom. The molecule has 5 heteroatoms. The maximum atomic E-state index is 4.84. The molecule has 4 rings (SSSR count). The number of pyridine rings is 1. The molecule has 3 aromatic rings. The van der Waals surface area contributed by atoms with E-state index < -0.39 is 0 Å². The molecule has 0 amide bonds. The van der Waals surface area contributed by atoms with Gasteiger partial charge in [0.25, 0.3) is 0 Å². The molecule has 2 aromatic heterocycles. The normalized spacial score (nSPS) is 13.3. The summed E-state index contributed by atoms with van der Waals surface area (Å²) in [5.74, 6) is 1.80. The molecule has 114 valence electrons. The first kappa shape index (κ1) is 13.7. The molecule has 0 N–H and O–H groups in total. The fraction of sp³-hybridized carbons (Fsp3) is 0.167. The highest BCUT2D eigenvalue weighted by molar-refractivity contribution is 5.78. The van der Waals surface area contributed by atoms with Crippen molar-refractivity contribution in [2.45, 2.75) is 6.92 Å². The Kier molecular flexibility index (Phi) is 3.19. The monoisotopic (exact) mass is 303 g/mol. The van der Waals surface area contributed by atoms with E-state index in [1.165, 1.54) is 0 Å². The summed E-state index contributed by atoms with van der Waals surface area (Å²) in [4.78, 5) is 18.0. The fourth-order valence-corrected chi connectivity index (χ4v) is 2.87. The van der Waals surface area contributed by atoms with Crippen molar-refractivity contribution >= 4 is 17.3 Å². The number of nitrogens with zero attached hydrogens (tertiary/aromatic N) is 5. The quantitative estimate of drug-likeness (QED) is 0.726. The van der Waals surface area contributed by atoms with Crippen LogP contribution in [0.3, 0.4) is 0 Å². The van der Waals surface area contributed by atoms with E-state index in [-0.39, 0.29) is 0 Å². The van der Waals surface area contributed by atoms with Crippen LogP contribution in [0.4, 0.5) is 17.3 Å². The highest BCUT2D eigenvalue weighted by Gasteiger charge is 2.28. The van der Waals surface area contributed by atoms with E-state index in [1.54, 1.807) is 6.20 Å². The predicted octanol–water partition coefficient (Wildman–Crippen LogP) is 3.39. The van der Waals surface area contributed by atoms with Gasteiger partial charge >= 0.3 is 0 Å². The first-order chi connectivity index (χ1) is 11.2. The van der Waals surface area contributed by atoms with E-state index in [2.05, 4.69) is 31.9 Å². The number of rotatable bonds is 2. The van der Waals surface area contributed by atoms with Crippen molar-refractivity contribution in [2.24, 2.45) is 0 Å². The van der Waals surface area contributed by atoms with Crippen molar-refractivity contribution in [3.63, 3.8) is 0 Å².